The van der Waals surface area contributed by atoms with Crippen LogP contribution in [0.5, 0.6) is 0 Å². The van der Waals surface area contributed by atoms with Gasteiger partial charge in [0.1, 0.15) is 0 Å². The second kappa shape index (κ2) is 7.23. The quantitative estimate of drug-likeness (QED) is 0.473. The number of rotatable bonds is 2. The molecule has 0 fully saturated rings. The lowest BCUT2D eigenvalue weighted by Crippen LogP contribution is -1.86. The molecule has 0 radical (unpaired) electrons. The highest BCUT2D eigenvalue weighted by Crippen LogP contribution is 2.21. The third-order valence-electron chi connectivity index (χ3n) is 2.19. The molecule has 0 aliphatic carbocycles. The molecule has 8 heteroatoms. The van der Waals surface area contributed by atoms with E-state index in [0.717, 1.165) is 11.1 Å². The average molecular weight is 334 g/mol. The van der Waals surface area contributed by atoms with Gasteiger partial charge in [0.25, 0.3) is 5.69 Å². The summed E-state index contributed by atoms with van der Waals surface area (Å²) in [5.74, 6) is 0. The van der Waals surface area contributed by atoms with E-state index in [1.807, 2.05) is 30.3 Å². The lowest BCUT2D eigenvalue weighted by Gasteiger charge is -1.99. The van der Waals surface area contributed by atoms with E-state index in [4.69, 9.17) is 8.42 Å². The number of halogens is 2. The first-order chi connectivity index (χ1) is 9.27. The van der Waals surface area contributed by atoms with Crippen LogP contribution in [0.2, 0.25) is 0 Å². The third kappa shape index (κ3) is 6.51. The first-order valence-corrected chi connectivity index (χ1v) is 8.35. The highest BCUT2D eigenvalue weighted by Gasteiger charge is 2.04. The zero-order chi connectivity index (χ0) is 15.2. The highest BCUT2D eigenvalue weighted by atomic mass is 36.0. The second-order valence-electron chi connectivity index (χ2n) is 3.55. The van der Waals surface area contributed by atoms with Crippen molar-refractivity contribution in [3.63, 3.8) is 0 Å². The molecule has 0 spiro atoms. The van der Waals surface area contributed by atoms with Crippen LogP contribution < -0.4 is 0 Å². The summed E-state index contributed by atoms with van der Waals surface area (Å²) in [4.78, 5) is 10.1. The van der Waals surface area contributed by atoms with Gasteiger partial charge in [0.05, 0.1) is 4.92 Å². The van der Waals surface area contributed by atoms with Gasteiger partial charge in [-0.2, -0.15) is 8.42 Å². The van der Waals surface area contributed by atoms with E-state index < -0.39 is 13.2 Å². The Balaban J connectivity index is 0.000000347. The first kappa shape index (κ1) is 16.4. The van der Waals surface area contributed by atoms with Crippen LogP contribution in [0.1, 0.15) is 0 Å². The molecular formula is C12H9Cl2NO4S. The molecule has 0 saturated heterocycles. The zero-order valence-corrected chi connectivity index (χ0v) is 12.3. The predicted octanol–water partition coefficient (Wildman–Crippen LogP) is 3.97. The molecule has 0 aromatic heterocycles. The second-order valence-corrected chi connectivity index (χ2v) is 7.22. The van der Waals surface area contributed by atoms with Crippen molar-refractivity contribution in [1.82, 2.24) is 0 Å². The van der Waals surface area contributed by atoms with Crippen molar-refractivity contribution in [2.75, 3.05) is 0 Å². The van der Waals surface area contributed by atoms with Crippen molar-refractivity contribution in [3.05, 3.63) is 64.7 Å². The molecule has 0 bridgehead atoms. The molecule has 0 aliphatic rings. The Kier molecular flexibility index (Phi) is 5.94. The van der Waals surface area contributed by atoms with Gasteiger partial charge in [0, 0.05) is 33.5 Å². The van der Waals surface area contributed by atoms with Crippen LogP contribution in [0.4, 0.5) is 5.69 Å². The minimum absolute atomic E-state index is 0.120. The fourth-order valence-corrected chi connectivity index (χ4v) is 1.41. The summed E-state index contributed by atoms with van der Waals surface area (Å²) in [5.41, 5.74) is 2.17. The van der Waals surface area contributed by atoms with Crippen molar-refractivity contribution in [1.29, 1.82) is 0 Å². The van der Waals surface area contributed by atoms with Crippen molar-refractivity contribution in [3.8, 4) is 11.1 Å². The number of nitrogens with zero attached hydrogens (tertiary/aromatic N) is 1. The summed E-state index contributed by atoms with van der Waals surface area (Å²) in [6.07, 6.45) is 0. The first-order valence-electron chi connectivity index (χ1n) is 5.21. The molecule has 0 heterocycles. The topological polar surface area (TPSA) is 77.3 Å². The maximum absolute atomic E-state index is 10.5. The lowest BCUT2D eigenvalue weighted by atomic mass is 10.1. The van der Waals surface area contributed by atoms with Gasteiger partial charge >= 0.3 is 8.26 Å². The molecule has 2 aromatic rings. The van der Waals surface area contributed by atoms with Crippen LogP contribution in [0.3, 0.4) is 0 Å². The van der Waals surface area contributed by atoms with E-state index in [0.29, 0.717) is 0 Å². The largest absolute Gasteiger partial charge is 0.317 e. The van der Waals surface area contributed by atoms with Crippen LogP contribution >= 0.6 is 21.4 Å². The van der Waals surface area contributed by atoms with E-state index in [9.17, 15) is 10.1 Å². The molecule has 0 atom stereocenters. The Morgan fingerprint density at radius 2 is 1.25 bits per heavy atom. The predicted molar refractivity (Wildman–Crippen MR) is 79.2 cm³/mol. The summed E-state index contributed by atoms with van der Waals surface area (Å²) < 4.78 is 18.3. The van der Waals surface area contributed by atoms with E-state index in [-0.39, 0.29) is 5.69 Å². The maximum atomic E-state index is 10.5. The fraction of sp³-hybridized carbons (Fsp3) is 0. The van der Waals surface area contributed by atoms with E-state index in [2.05, 4.69) is 21.4 Å². The number of hydrogen-bond acceptors (Lipinski definition) is 4. The van der Waals surface area contributed by atoms with Gasteiger partial charge in [-0.1, -0.05) is 30.3 Å². The van der Waals surface area contributed by atoms with Crippen LogP contribution in [-0.4, -0.2) is 13.3 Å². The standard InChI is InChI=1S/C12H9NO2.Cl2O2S/c14-13(15)12-8-6-11(7-9-12)10-4-2-1-3-5-10;1-5(2,3)4/h1-9H;. The van der Waals surface area contributed by atoms with E-state index >= 15 is 0 Å². The summed E-state index contributed by atoms with van der Waals surface area (Å²) in [6, 6.07) is 16.3. The van der Waals surface area contributed by atoms with Gasteiger partial charge in [-0.05, 0) is 23.3 Å². The van der Waals surface area contributed by atoms with Gasteiger partial charge in [0.2, 0.25) is 0 Å². The maximum Gasteiger partial charge on any atom is 0.317 e. The zero-order valence-electron chi connectivity index (χ0n) is 9.94. The smallest absolute Gasteiger partial charge is 0.258 e. The fourth-order valence-electron chi connectivity index (χ4n) is 1.41. The van der Waals surface area contributed by atoms with Crippen LogP contribution in [0.25, 0.3) is 11.1 Å². The monoisotopic (exact) mass is 333 g/mol. The SMILES string of the molecule is O=S(=O)(Cl)Cl.O=[N+]([O-])c1ccc(-c2ccccc2)cc1. The summed E-state index contributed by atoms with van der Waals surface area (Å²) in [5, 5.41) is 10.5. The van der Waals surface area contributed by atoms with Gasteiger partial charge < -0.3 is 0 Å². The summed E-state index contributed by atoms with van der Waals surface area (Å²) >= 11 is 0. The van der Waals surface area contributed by atoms with Crippen LogP contribution in [0, 0.1) is 10.1 Å². The molecule has 0 amide bonds. The van der Waals surface area contributed by atoms with Gasteiger partial charge in [-0.3, -0.25) is 10.1 Å². The van der Waals surface area contributed by atoms with Crippen LogP contribution in [-0.2, 0) is 8.26 Å². The Morgan fingerprint density at radius 3 is 1.65 bits per heavy atom. The lowest BCUT2D eigenvalue weighted by molar-refractivity contribution is -0.384. The minimum atomic E-state index is -3.72. The van der Waals surface area contributed by atoms with Crippen molar-refractivity contribution in [2.24, 2.45) is 0 Å². The van der Waals surface area contributed by atoms with Crippen LogP contribution in [0.15, 0.2) is 54.6 Å². The Morgan fingerprint density at radius 1 is 0.850 bits per heavy atom. The molecule has 20 heavy (non-hydrogen) atoms. The number of nitro benzene ring substituents is 1. The van der Waals surface area contributed by atoms with E-state index in [1.165, 1.54) is 12.1 Å². The van der Waals surface area contributed by atoms with E-state index in [1.54, 1.807) is 12.1 Å². The van der Waals surface area contributed by atoms with Crippen molar-refractivity contribution < 1.29 is 13.3 Å². The number of non-ortho nitro benzene ring substituents is 1. The third-order valence-corrected chi connectivity index (χ3v) is 2.19. The Bertz CT molecular complexity index is 664. The molecule has 0 unspecified atom stereocenters. The average Bonchev–Trinajstić information content (AvgIpc) is 2.38. The van der Waals surface area contributed by atoms with Gasteiger partial charge in [0.15, 0.2) is 0 Å². The number of benzene rings is 2. The summed E-state index contributed by atoms with van der Waals surface area (Å²) in [7, 11) is 4.81. The highest BCUT2D eigenvalue weighted by molar-refractivity contribution is 8.31. The molecule has 2 rings (SSSR count). The molecular weight excluding hydrogens is 325 g/mol. The molecule has 0 N–H and O–H groups in total. The molecule has 0 aliphatic heterocycles. The Labute approximate surface area is 124 Å². The van der Waals surface area contributed by atoms with Crippen molar-refractivity contribution in [2.45, 2.75) is 0 Å². The van der Waals surface area contributed by atoms with Gasteiger partial charge in [-0.25, -0.2) is 0 Å². The minimum Gasteiger partial charge on any atom is -0.258 e. The molecule has 0 saturated carbocycles. The molecule has 5 nitrogen and oxygen atoms in total. The Hall–Kier alpha value is -1.63. The number of nitro groups is 1. The molecule has 106 valence electrons. The van der Waals surface area contributed by atoms with Crippen molar-refractivity contribution >= 4 is 35.3 Å². The summed E-state index contributed by atoms with van der Waals surface area (Å²) in [6.45, 7) is 0. The van der Waals surface area contributed by atoms with Gasteiger partial charge in [-0.15, -0.1) is 0 Å². The normalized spacial score (nSPS) is 10.3. The number of hydrogen-bond donors (Lipinski definition) is 0. The molecule has 2 aromatic carbocycles.